The van der Waals surface area contributed by atoms with Crippen molar-refractivity contribution in [1.29, 1.82) is 0 Å². The molecule has 0 bridgehead atoms. The van der Waals surface area contributed by atoms with Crippen LogP contribution in [0.15, 0.2) is 29.3 Å². The second kappa shape index (κ2) is 4.35. The van der Waals surface area contributed by atoms with E-state index in [1.807, 2.05) is 0 Å². The highest BCUT2D eigenvalue weighted by Crippen LogP contribution is 2.34. The fourth-order valence-electron chi connectivity index (χ4n) is 1.65. The van der Waals surface area contributed by atoms with Gasteiger partial charge in [-0.3, -0.25) is 4.98 Å². The molecule has 0 saturated carbocycles. The Morgan fingerprint density at radius 2 is 1.89 bits per heavy atom. The van der Waals surface area contributed by atoms with Gasteiger partial charge in [0, 0.05) is 17.6 Å². The molecular formula is C13H14ClNO3S. The molecule has 1 N–H and O–H groups in total. The van der Waals surface area contributed by atoms with Gasteiger partial charge < -0.3 is 5.11 Å². The summed E-state index contributed by atoms with van der Waals surface area (Å²) in [5.41, 5.74) is 0.456. The van der Waals surface area contributed by atoms with E-state index in [1.54, 1.807) is 26.8 Å². The van der Waals surface area contributed by atoms with Gasteiger partial charge in [0.15, 0.2) is 9.84 Å². The van der Waals surface area contributed by atoms with Gasteiger partial charge in [0.05, 0.1) is 15.3 Å². The molecule has 0 unspecified atom stereocenters. The summed E-state index contributed by atoms with van der Waals surface area (Å²) in [6.45, 7) is 4.83. The van der Waals surface area contributed by atoms with Crippen molar-refractivity contribution in [3.8, 4) is 5.75 Å². The molecule has 1 heterocycles. The van der Waals surface area contributed by atoms with Crippen LogP contribution in [0.4, 0.5) is 0 Å². The van der Waals surface area contributed by atoms with Crippen LogP contribution in [0.25, 0.3) is 10.9 Å². The SMILES string of the molecule is CC(C)(C)S(=O)(=O)c1cnc2cc(O)ccc2c1Cl. The molecule has 0 spiro atoms. The molecule has 0 saturated heterocycles. The first-order chi connectivity index (χ1) is 8.64. The monoisotopic (exact) mass is 299 g/mol. The van der Waals surface area contributed by atoms with Gasteiger partial charge in [0.25, 0.3) is 0 Å². The van der Waals surface area contributed by atoms with Crippen LogP contribution in [0.3, 0.4) is 0 Å². The van der Waals surface area contributed by atoms with Gasteiger partial charge >= 0.3 is 0 Å². The molecule has 0 radical (unpaired) electrons. The second-order valence-electron chi connectivity index (χ2n) is 5.25. The summed E-state index contributed by atoms with van der Waals surface area (Å²) in [6.07, 6.45) is 1.24. The highest BCUT2D eigenvalue weighted by Gasteiger charge is 2.33. The van der Waals surface area contributed by atoms with Crippen molar-refractivity contribution in [2.24, 2.45) is 0 Å². The number of phenolic OH excluding ortho intramolecular Hbond substituents is 1. The predicted molar refractivity (Wildman–Crippen MR) is 75.4 cm³/mol. The Bertz CT molecular complexity index is 748. The van der Waals surface area contributed by atoms with Crippen molar-refractivity contribution < 1.29 is 13.5 Å². The average Bonchev–Trinajstić information content (AvgIpc) is 2.27. The van der Waals surface area contributed by atoms with Crippen LogP contribution in [-0.4, -0.2) is 23.3 Å². The van der Waals surface area contributed by atoms with Crippen LogP contribution < -0.4 is 0 Å². The van der Waals surface area contributed by atoms with E-state index in [9.17, 15) is 13.5 Å². The van der Waals surface area contributed by atoms with E-state index in [4.69, 9.17) is 11.6 Å². The molecule has 0 aliphatic heterocycles. The summed E-state index contributed by atoms with van der Waals surface area (Å²) in [5, 5.41) is 10.0. The maximum atomic E-state index is 12.4. The molecule has 4 nitrogen and oxygen atoms in total. The van der Waals surface area contributed by atoms with Gasteiger partial charge in [-0.15, -0.1) is 0 Å². The summed E-state index contributed by atoms with van der Waals surface area (Å²) in [4.78, 5) is 4.07. The first kappa shape index (κ1) is 14.1. The molecule has 19 heavy (non-hydrogen) atoms. The lowest BCUT2D eigenvalue weighted by Crippen LogP contribution is -2.28. The minimum atomic E-state index is -3.57. The quantitative estimate of drug-likeness (QED) is 0.878. The molecular weight excluding hydrogens is 286 g/mol. The van der Waals surface area contributed by atoms with Crippen LogP contribution in [0.2, 0.25) is 5.02 Å². The molecule has 6 heteroatoms. The largest absolute Gasteiger partial charge is 0.508 e. The Balaban J connectivity index is 2.79. The van der Waals surface area contributed by atoms with Crippen LogP contribution in [0, 0.1) is 0 Å². The minimum absolute atomic E-state index is 0.0138. The molecule has 0 aliphatic rings. The molecule has 0 fully saturated rings. The van der Waals surface area contributed by atoms with E-state index in [0.29, 0.717) is 10.9 Å². The van der Waals surface area contributed by atoms with Crippen molar-refractivity contribution in [3.63, 3.8) is 0 Å². The van der Waals surface area contributed by atoms with Crippen LogP contribution >= 0.6 is 11.6 Å². The van der Waals surface area contributed by atoms with Crippen LogP contribution in [0.1, 0.15) is 20.8 Å². The summed E-state index contributed by atoms with van der Waals surface area (Å²) in [5.74, 6) is 0.0579. The number of phenols is 1. The van der Waals surface area contributed by atoms with Crippen molar-refractivity contribution >= 4 is 32.3 Å². The molecule has 2 rings (SSSR count). The molecule has 0 aliphatic carbocycles. The Morgan fingerprint density at radius 3 is 2.47 bits per heavy atom. The van der Waals surface area contributed by atoms with Crippen molar-refractivity contribution in [2.45, 2.75) is 30.4 Å². The van der Waals surface area contributed by atoms with Gasteiger partial charge in [0.1, 0.15) is 10.6 Å². The first-order valence-corrected chi connectivity index (χ1v) is 7.52. The Morgan fingerprint density at radius 1 is 1.26 bits per heavy atom. The number of halogens is 1. The smallest absolute Gasteiger partial charge is 0.186 e. The number of pyridine rings is 1. The molecule has 102 valence electrons. The van der Waals surface area contributed by atoms with Gasteiger partial charge in [-0.05, 0) is 32.9 Å². The number of hydrogen-bond donors (Lipinski definition) is 1. The fourth-order valence-corrected chi connectivity index (χ4v) is 3.36. The van der Waals surface area contributed by atoms with Crippen LogP contribution in [0.5, 0.6) is 5.75 Å². The van der Waals surface area contributed by atoms with Gasteiger partial charge in [-0.1, -0.05) is 11.6 Å². The third-order valence-corrected chi connectivity index (χ3v) is 5.87. The average molecular weight is 300 g/mol. The number of nitrogens with zero attached hydrogens (tertiary/aromatic N) is 1. The van der Waals surface area contributed by atoms with E-state index in [1.165, 1.54) is 18.3 Å². The van der Waals surface area contributed by atoms with E-state index in [0.717, 1.165) is 0 Å². The number of benzene rings is 1. The zero-order valence-corrected chi connectivity index (χ0v) is 12.4. The van der Waals surface area contributed by atoms with Gasteiger partial charge in [0.2, 0.25) is 0 Å². The second-order valence-corrected chi connectivity index (χ2v) is 8.30. The number of sulfone groups is 1. The van der Waals surface area contributed by atoms with Crippen molar-refractivity contribution in [1.82, 2.24) is 4.98 Å². The zero-order chi connectivity index (χ0) is 14.4. The van der Waals surface area contributed by atoms with Crippen molar-refractivity contribution in [2.75, 3.05) is 0 Å². The lowest BCUT2D eigenvalue weighted by Gasteiger charge is -2.20. The summed E-state index contributed by atoms with van der Waals surface area (Å²) < 4.78 is 23.9. The van der Waals surface area contributed by atoms with Gasteiger partial charge in [-0.2, -0.15) is 0 Å². The number of hydrogen-bond acceptors (Lipinski definition) is 4. The molecule has 1 aromatic heterocycles. The maximum Gasteiger partial charge on any atom is 0.186 e. The Hall–Kier alpha value is -1.33. The molecule has 0 atom stereocenters. The molecule has 2 aromatic rings. The lowest BCUT2D eigenvalue weighted by molar-refractivity contribution is 0.476. The summed E-state index contributed by atoms with van der Waals surface area (Å²) >= 11 is 6.18. The van der Waals surface area contributed by atoms with E-state index in [2.05, 4.69) is 4.98 Å². The predicted octanol–water partition coefficient (Wildman–Crippen LogP) is 3.17. The topological polar surface area (TPSA) is 67.3 Å². The molecule has 0 amide bonds. The Kier molecular flexibility index (Phi) is 3.23. The third kappa shape index (κ3) is 2.28. The molecule has 1 aromatic carbocycles. The number of fused-ring (bicyclic) bond motifs is 1. The zero-order valence-electron chi connectivity index (χ0n) is 10.8. The summed E-state index contributed by atoms with van der Waals surface area (Å²) in [6, 6.07) is 4.44. The third-order valence-electron chi connectivity index (χ3n) is 2.85. The van der Waals surface area contributed by atoms with E-state index in [-0.39, 0.29) is 15.7 Å². The number of aromatic hydroxyl groups is 1. The van der Waals surface area contributed by atoms with Gasteiger partial charge in [-0.25, -0.2) is 8.42 Å². The summed E-state index contributed by atoms with van der Waals surface area (Å²) in [7, 11) is -3.57. The number of aromatic nitrogens is 1. The first-order valence-electron chi connectivity index (χ1n) is 5.66. The van der Waals surface area contributed by atoms with E-state index >= 15 is 0 Å². The lowest BCUT2D eigenvalue weighted by atomic mass is 10.2. The maximum absolute atomic E-state index is 12.4. The van der Waals surface area contributed by atoms with Crippen LogP contribution in [-0.2, 0) is 9.84 Å². The minimum Gasteiger partial charge on any atom is -0.508 e. The standard InChI is InChI=1S/C13H14ClNO3S/c1-13(2,3)19(17,18)11-7-15-10-6-8(16)4-5-9(10)12(11)14/h4-7,16H,1-3H3. The normalized spacial score (nSPS) is 12.8. The fraction of sp³-hybridized carbons (Fsp3) is 0.308. The highest BCUT2D eigenvalue weighted by molar-refractivity contribution is 7.92. The van der Waals surface area contributed by atoms with Crippen molar-refractivity contribution in [3.05, 3.63) is 29.4 Å². The van der Waals surface area contributed by atoms with E-state index < -0.39 is 14.6 Å². The Labute approximate surface area is 117 Å². The number of rotatable bonds is 1. The highest BCUT2D eigenvalue weighted by atomic mass is 35.5.